The van der Waals surface area contributed by atoms with Crippen LogP contribution in [0.4, 0.5) is 10.2 Å². The molecule has 0 radical (unpaired) electrons. The molecule has 3 aromatic heterocycles. The predicted molar refractivity (Wildman–Crippen MR) is 121 cm³/mol. The van der Waals surface area contributed by atoms with Gasteiger partial charge in [0.05, 0.1) is 25.0 Å². The van der Waals surface area contributed by atoms with Crippen LogP contribution >= 0.6 is 0 Å². The smallest absolute Gasteiger partial charge is 0.153 e. The number of nitrogens with zero attached hydrogens (tertiary/aromatic N) is 4. The topological polar surface area (TPSA) is 67.7 Å². The number of alkyl halides is 1. The van der Waals surface area contributed by atoms with Crippen molar-refractivity contribution < 1.29 is 4.39 Å². The van der Waals surface area contributed by atoms with Gasteiger partial charge in [-0.1, -0.05) is 36.4 Å². The molecule has 4 aromatic rings. The maximum Gasteiger partial charge on any atom is 0.153 e. The minimum atomic E-state index is -1.28. The van der Waals surface area contributed by atoms with Gasteiger partial charge in [-0.3, -0.25) is 9.67 Å². The van der Waals surface area contributed by atoms with Crippen molar-refractivity contribution in [1.82, 2.24) is 25.1 Å². The van der Waals surface area contributed by atoms with Crippen molar-refractivity contribution in [3.8, 4) is 11.3 Å². The first kappa shape index (κ1) is 19.6. The van der Waals surface area contributed by atoms with Crippen LogP contribution in [0, 0.1) is 0 Å². The van der Waals surface area contributed by atoms with E-state index >= 15 is 4.39 Å². The number of fused-ring (bicyclic) bond motifs is 1. The third kappa shape index (κ3) is 4.41. The third-order valence-electron chi connectivity index (χ3n) is 5.70. The summed E-state index contributed by atoms with van der Waals surface area (Å²) in [6, 6.07) is 16.1. The fourth-order valence-corrected chi connectivity index (χ4v) is 4.03. The summed E-state index contributed by atoms with van der Waals surface area (Å²) in [6.45, 7) is 2.13. The van der Waals surface area contributed by atoms with Gasteiger partial charge in [0.2, 0.25) is 0 Å². The molecule has 7 heteroatoms. The minimum Gasteiger partial charge on any atom is -0.365 e. The van der Waals surface area contributed by atoms with E-state index in [1.165, 1.54) is 5.56 Å². The molecule has 1 unspecified atom stereocenters. The average Bonchev–Trinajstić information content (AvgIpc) is 3.27. The average molecular weight is 417 g/mol. The van der Waals surface area contributed by atoms with Gasteiger partial charge in [0.15, 0.2) is 5.82 Å². The highest BCUT2D eigenvalue weighted by molar-refractivity contribution is 5.91. The summed E-state index contributed by atoms with van der Waals surface area (Å²) in [4.78, 5) is 9.27. The van der Waals surface area contributed by atoms with E-state index in [2.05, 4.69) is 32.8 Å². The van der Waals surface area contributed by atoms with Crippen molar-refractivity contribution in [2.45, 2.75) is 25.1 Å². The maximum absolute atomic E-state index is 15.1. The molecule has 1 saturated heterocycles. The molecule has 0 saturated carbocycles. The summed E-state index contributed by atoms with van der Waals surface area (Å²) in [5.74, 6) is 0.603. The van der Waals surface area contributed by atoms with Gasteiger partial charge in [-0.15, -0.1) is 0 Å². The van der Waals surface area contributed by atoms with E-state index in [1.54, 1.807) is 6.20 Å². The molecule has 1 aromatic carbocycles. The Morgan fingerprint density at radius 1 is 1.16 bits per heavy atom. The Morgan fingerprint density at radius 3 is 2.90 bits per heavy atom. The Morgan fingerprint density at radius 2 is 2.06 bits per heavy atom. The summed E-state index contributed by atoms with van der Waals surface area (Å²) >= 11 is 0. The van der Waals surface area contributed by atoms with E-state index in [4.69, 9.17) is 4.98 Å². The molecular formula is C24H25FN6. The second-order valence-electron chi connectivity index (χ2n) is 8.13. The fraction of sp³-hybridized carbons (Fsp3) is 0.292. The number of halogens is 1. The zero-order chi connectivity index (χ0) is 21.1. The normalized spacial score (nSPS) is 18.9. The molecule has 5 rings (SSSR count). The van der Waals surface area contributed by atoms with E-state index in [0.29, 0.717) is 25.3 Å². The molecule has 1 atom stereocenters. The Bertz CT molecular complexity index is 1170. The zero-order valence-corrected chi connectivity index (χ0v) is 17.3. The molecule has 0 amide bonds. The Labute approximate surface area is 180 Å². The van der Waals surface area contributed by atoms with Crippen molar-refractivity contribution in [3.63, 3.8) is 0 Å². The van der Waals surface area contributed by atoms with Crippen LogP contribution in [0.2, 0.25) is 0 Å². The van der Waals surface area contributed by atoms with Crippen molar-refractivity contribution in [3.05, 3.63) is 72.7 Å². The van der Waals surface area contributed by atoms with Gasteiger partial charge < -0.3 is 10.6 Å². The van der Waals surface area contributed by atoms with E-state index < -0.39 is 5.67 Å². The van der Waals surface area contributed by atoms with Crippen LogP contribution in [0.3, 0.4) is 0 Å². The lowest BCUT2D eigenvalue weighted by Crippen LogP contribution is -2.46. The Balaban J connectivity index is 1.43. The van der Waals surface area contributed by atoms with Gasteiger partial charge in [-0.05, 0) is 37.1 Å². The van der Waals surface area contributed by atoms with Crippen LogP contribution in [0.25, 0.3) is 22.2 Å². The van der Waals surface area contributed by atoms with E-state index in [1.807, 2.05) is 53.5 Å². The number of benzene rings is 1. The number of hydrogen-bond acceptors (Lipinski definition) is 5. The summed E-state index contributed by atoms with van der Waals surface area (Å²) in [5.41, 5.74) is 2.35. The molecule has 0 spiro atoms. The molecule has 4 heterocycles. The monoisotopic (exact) mass is 416 g/mol. The molecule has 0 bridgehead atoms. The first-order chi connectivity index (χ1) is 15.2. The van der Waals surface area contributed by atoms with Gasteiger partial charge in [0, 0.05) is 29.9 Å². The van der Waals surface area contributed by atoms with E-state index in [-0.39, 0.29) is 6.54 Å². The molecule has 1 aliphatic rings. The number of anilines is 1. The van der Waals surface area contributed by atoms with Crippen LogP contribution < -0.4 is 10.6 Å². The van der Waals surface area contributed by atoms with Crippen LogP contribution in [-0.2, 0) is 6.54 Å². The van der Waals surface area contributed by atoms with Crippen LogP contribution in [0.1, 0.15) is 18.4 Å². The number of piperidine rings is 1. The predicted octanol–water partition coefficient (Wildman–Crippen LogP) is 4.05. The SMILES string of the molecule is FC1(CNc2nc(-c3cnn(Cc4ccccc4)c3)cc3cccnc23)CCCNC1. The van der Waals surface area contributed by atoms with Crippen molar-refractivity contribution >= 4 is 16.7 Å². The van der Waals surface area contributed by atoms with Gasteiger partial charge in [-0.2, -0.15) is 5.10 Å². The highest BCUT2D eigenvalue weighted by Gasteiger charge is 2.31. The lowest BCUT2D eigenvalue weighted by Gasteiger charge is -2.30. The molecule has 6 nitrogen and oxygen atoms in total. The highest BCUT2D eigenvalue weighted by Crippen LogP contribution is 2.28. The summed E-state index contributed by atoms with van der Waals surface area (Å²) < 4.78 is 17.0. The van der Waals surface area contributed by atoms with Gasteiger partial charge in [0.1, 0.15) is 11.2 Å². The summed E-state index contributed by atoms with van der Waals surface area (Å²) in [5, 5.41) is 11.8. The lowest BCUT2D eigenvalue weighted by molar-refractivity contribution is 0.137. The van der Waals surface area contributed by atoms with Crippen LogP contribution in [0.5, 0.6) is 0 Å². The lowest BCUT2D eigenvalue weighted by atomic mass is 9.96. The molecular weight excluding hydrogens is 391 g/mol. The van der Waals surface area contributed by atoms with Crippen LogP contribution in [-0.4, -0.2) is 45.1 Å². The third-order valence-corrected chi connectivity index (χ3v) is 5.70. The van der Waals surface area contributed by atoms with Crippen molar-refractivity contribution in [1.29, 1.82) is 0 Å². The number of aromatic nitrogens is 4. The van der Waals surface area contributed by atoms with Crippen molar-refractivity contribution in [2.24, 2.45) is 0 Å². The zero-order valence-electron chi connectivity index (χ0n) is 17.3. The fourth-order valence-electron chi connectivity index (χ4n) is 4.03. The second kappa shape index (κ2) is 8.43. The summed E-state index contributed by atoms with van der Waals surface area (Å²) in [7, 11) is 0. The molecule has 158 valence electrons. The Kier molecular flexibility index (Phi) is 5.34. The molecule has 1 aliphatic heterocycles. The van der Waals surface area contributed by atoms with E-state index in [0.717, 1.165) is 35.1 Å². The van der Waals surface area contributed by atoms with Gasteiger partial charge in [-0.25, -0.2) is 9.37 Å². The number of hydrogen-bond donors (Lipinski definition) is 2. The number of rotatable bonds is 6. The molecule has 2 N–H and O–H groups in total. The minimum absolute atomic E-state index is 0.204. The molecule has 0 aliphatic carbocycles. The highest BCUT2D eigenvalue weighted by atomic mass is 19.1. The van der Waals surface area contributed by atoms with Crippen LogP contribution in [0.15, 0.2) is 67.1 Å². The first-order valence-corrected chi connectivity index (χ1v) is 10.6. The van der Waals surface area contributed by atoms with Gasteiger partial charge >= 0.3 is 0 Å². The molecule has 1 fully saturated rings. The molecule has 31 heavy (non-hydrogen) atoms. The van der Waals surface area contributed by atoms with Gasteiger partial charge in [0.25, 0.3) is 0 Å². The first-order valence-electron chi connectivity index (χ1n) is 10.6. The number of nitrogens with one attached hydrogen (secondary N) is 2. The maximum atomic E-state index is 15.1. The quantitative estimate of drug-likeness (QED) is 0.496. The van der Waals surface area contributed by atoms with E-state index in [9.17, 15) is 0 Å². The van der Waals surface area contributed by atoms with Crippen molar-refractivity contribution in [2.75, 3.05) is 25.0 Å². The standard InChI is InChI=1S/C24H25FN6/c25-24(9-5-10-26-16-24)17-28-23-22-19(8-4-11-27-22)12-21(30-23)20-13-29-31(15-20)14-18-6-2-1-3-7-18/h1-4,6-8,11-13,15,26H,5,9-10,14,16-17H2,(H,28,30). The summed E-state index contributed by atoms with van der Waals surface area (Å²) in [6.07, 6.45) is 6.93. The second-order valence-corrected chi connectivity index (χ2v) is 8.13. The number of pyridine rings is 2. The Hall–Kier alpha value is -3.32. The largest absolute Gasteiger partial charge is 0.365 e.